The molecule has 3 nitrogen and oxygen atoms in total. The van der Waals surface area contributed by atoms with E-state index in [2.05, 4.69) is 33.0 Å². The highest BCUT2D eigenvalue weighted by Crippen LogP contribution is 2.26. The van der Waals surface area contributed by atoms with E-state index in [1.54, 1.807) is 0 Å². The molecule has 0 radical (unpaired) electrons. The van der Waals surface area contributed by atoms with Crippen molar-refractivity contribution in [3.63, 3.8) is 0 Å². The van der Waals surface area contributed by atoms with Gasteiger partial charge < -0.3 is 15.2 Å². The summed E-state index contributed by atoms with van der Waals surface area (Å²) in [6, 6.07) is 0.438. The highest BCUT2D eigenvalue weighted by atomic mass is 16.5. The van der Waals surface area contributed by atoms with Crippen molar-refractivity contribution in [2.24, 2.45) is 11.8 Å². The SMILES string of the molecule is CC(C)C(C)NCC(O)COC1CCCCC1C. The monoisotopic (exact) mass is 257 g/mol. The third-order valence-corrected chi connectivity index (χ3v) is 4.21. The molecule has 0 aromatic rings. The van der Waals surface area contributed by atoms with Crippen LogP contribution in [0.5, 0.6) is 0 Å². The van der Waals surface area contributed by atoms with E-state index in [0.717, 1.165) is 6.42 Å². The topological polar surface area (TPSA) is 41.5 Å². The lowest BCUT2D eigenvalue weighted by molar-refractivity contribution is -0.0457. The summed E-state index contributed by atoms with van der Waals surface area (Å²) in [4.78, 5) is 0. The van der Waals surface area contributed by atoms with Crippen LogP contribution in [0.4, 0.5) is 0 Å². The van der Waals surface area contributed by atoms with Crippen molar-refractivity contribution in [2.75, 3.05) is 13.2 Å². The van der Waals surface area contributed by atoms with Crippen LogP contribution in [0.1, 0.15) is 53.4 Å². The Hall–Kier alpha value is -0.120. The number of hydrogen-bond donors (Lipinski definition) is 2. The number of ether oxygens (including phenoxy) is 1. The van der Waals surface area contributed by atoms with E-state index in [0.29, 0.717) is 37.1 Å². The highest BCUT2D eigenvalue weighted by molar-refractivity contribution is 4.74. The molecule has 18 heavy (non-hydrogen) atoms. The zero-order valence-electron chi connectivity index (χ0n) is 12.5. The van der Waals surface area contributed by atoms with Crippen molar-refractivity contribution in [3.8, 4) is 0 Å². The van der Waals surface area contributed by atoms with Crippen LogP contribution in [-0.2, 0) is 4.74 Å². The molecule has 0 amide bonds. The lowest BCUT2D eigenvalue weighted by atomic mass is 9.88. The normalized spacial score (nSPS) is 28.3. The zero-order valence-corrected chi connectivity index (χ0v) is 12.5. The van der Waals surface area contributed by atoms with Crippen molar-refractivity contribution in [1.29, 1.82) is 0 Å². The van der Waals surface area contributed by atoms with Crippen LogP contribution in [0, 0.1) is 11.8 Å². The molecular weight excluding hydrogens is 226 g/mol. The number of aliphatic hydroxyl groups excluding tert-OH is 1. The summed E-state index contributed by atoms with van der Waals surface area (Å²) in [5, 5.41) is 13.3. The Morgan fingerprint density at radius 2 is 1.89 bits per heavy atom. The van der Waals surface area contributed by atoms with Gasteiger partial charge in [-0.1, -0.05) is 33.6 Å². The van der Waals surface area contributed by atoms with E-state index < -0.39 is 0 Å². The molecule has 0 aliphatic heterocycles. The molecule has 1 saturated carbocycles. The van der Waals surface area contributed by atoms with Crippen molar-refractivity contribution >= 4 is 0 Å². The molecule has 1 fully saturated rings. The molecule has 0 spiro atoms. The number of nitrogens with one attached hydrogen (secondary N) is 1. The first-order chi connectivity index (χ1) is 8.50. The van der Waals surface area contributed by atoms with Gasteiger partial charge in [-0.3, -0.25) is 0 Å². The van der Waals surface area contributed by atoms with Crippen LogP contribution in [0.3, 0.4) is 0 Å². The largest absolute Gasteiger partial charge is 0.389 e. The van der Waals surface area contributed by atoms with Gasteiger partial charge in [0.15, 0.2) is 0 Å². The Bertz CT molecular complexity index is 221. The quantitative estimate of drug-likeness (QED) is 0.736. The average molecular weight is 257 g/mol. The minimum absolute atomic E-state index is 0.357. The van der Waals surface area contributed by atoms with E-state index >= 15 is 0 Å². The van der Waals surface area contributed by atoms with Gasteiger partial charge in [0.2, 0.25) is 0 Å². The zero-order chi connectivity index (χ0) is 13.5. The molecule has 0 saturated heterocycles. The van der Waals surface area contributed by atoms with Gasteiger partial charge in [0.1, 0.15) is 0 Å². The van der Waals surface area contributed by atoms with Gasteiger partial charge in [-0.2, -0.15) is 0 Å². The second kappa shape index (κ2) is 8.13. The highest BCUT2D eigenvalue weighted by Gasteiger charge is 2.22. The van der Waals surface area contributed by atoms with Gasteiger partial charge >= 0.3 is 0 Å². The van der Waals surface area contributed by atoms with Crippen molar-refractivity contribution in [2.45, 2.75) is 71.6 Å². The average Bonchev–Trinajstić information content (AvgIpc) is 2.34. The van der Waals surface area contributed by atoms with Crippen LogP contribution in [-0.4, -0.2) is 36.5 Å². The molecule has 1 rings (SSSR count). The van der Waals surface area contributed by atoms with Gasteiger partial charge in [0.25, 0.3) is 0 Å². The predicted molar refractivity (Wildman–Crippen MR) is 75.7 cm³/mol. The smallest absolute Gasteiger partial charge is 0.0897 e. The van der Waals surface area contributed by atoms with Gasteiger partial charge in [-0.05, 0) is 31.6 Å². The molecule has 108 valence electrons. The van der Waals surface area contributed by atoms with Crippen LogP contribution in [0.15, 0.2) is 0 Å². The Kier molecular flexibility index (Phi) is 7.20. The number of aliphatic hydroxyl groups is 1. The lowest BCUT2D eigenvalue weighted by Crippen LogP contribution is -2.39. The van der Waals surface area contributed by atoms with E-state index in [1.807, 2.05) is 0 Å². The predicted octanol–water partition coefficient (Wildman–Crippen LogP) is 2.58. The number of rotatable bonds is 7. The van der Waals surface area contributed by atoms with E-state index in [-0.39, 0.29) is 6.10 Å². The minimum Gasteiger partial charge on any atom is -0.389 e. The van der Waals surface area contributed by atoms with Crippen LogP contribution < -0.4 is 5.32 Å². The standard InChI is InChI=1S/C15H31NO2/c1-11(2)13(4)16-9-14(17)10-18-15-8-6-5-7-12(15)3/h11-17H,5-10H2,1-4H3. The summed E-state index contributed by atoms with van der Waals surface area (Å²) in [6.45, 7) is 9.87. The molecular formula is C15H31NO2. The first kappa shape index (κ1) is 15.9. The Balaban J connectivity index is 2.14. The van der Waals surface area contributed by atoms with Crippen LogP contribution in [0.25, 0.3) is 0 Å². The third kappa shape index (κ3) is 5.68. The van der Waals surface area contributed by atoms with E-state index in [1.165, 1.54) is 19.3 Å². The van der Waals surface area contributed by atoms with Gasteiger partial charge in [-0.25, -0.2) is 0 Å². The van der Waals surface area contributed by atoms with E-state index in [4.69, 9.17) is 4.74 Å². The van der Waals surface area contributed by atoms with Crippen molar-refractivity contribution < 1.29 is 9.84 Å². The maximum atomic E-state index is 9.91. The molecule has 0 heterocycles. The molecule has 1 aliphatic rings. The molecule has 4 unspecified atom stereocenters. The Morgan fingerprint density at radius 1 is 1.22 bits per heavy atom. The van der Waals surface area contributed by atoms with Gasteiger partial charge in [-0.15, -0.1) is 0 Å². The molecule has 0 aromatic carbocycles. The first-order valence-corrected chi connectivity index (χ1v) is 7.53. The fourth-order valence-corrected chi connectivity index (χ4v) is 2.38. The first-order valence-electron chi connectivity index (χ1n) is 7.53. The molecule has 3 heteroatoms. The van der Waals surface area contributed by atoms with Crippen molar-refractivity contribution in [3.05, 3.63) is 0 Å². The van der Waals surface area contributed by atoms with Crippen LogP contribution >= 0.6 is 0 Å². The Labute approximate surface area is 112 Å². The fraction of sp³-hybridized carbons (Fsp3) is 1.00. The summed E-state index contributed by atoms with van der Waals surface area (Å²) >= 11 is 0. The second-order valence-electron chi connectivity index (χ2n) is 6.23. The molecule has 0 aromatic heterocycles. The molecule has 4 atom stereocenters. The van der Waals surface area contributed by atoms with Crippen LogP contribution in [0.2, 0.25) is 0 Å². The minimum atomic E-state index is -0.389. The summed E-state index contributed by atoms with van der Waals surface area (Å²) in [5.74, 6) is 1.24. The summed E-state index contributed by atoms with van der Waals surface area (Å²) in [5.41, 5.74) is 0. The second-order valence-corrected chi connectivity index (χ2v) is 6.23. The molecule has 0 bridgehead atoms. The van der Waals surface area contributed by atoms with Gasteiger partial charge in [0.05, 0.1) is 18.8 Å². The molecule has 2 N–H and O–H groups in total. The maximum Gasteiger partial charge on any atom is 0.0897 e. The molecule has 1 aliphatic carbocycles. The van der Waals surface area contributed by atoms with Gasteiger partial charge in [0, 0.05) is 12.6 Å². The summed E-state index contributed by atoms with van der Waals surface area (Å²) in [6.07, 6.45) is 4.99. The fourth-order valence-electron chi connectivity index (χ4n) is 2.38. The van der Waals surface area contributed by atoms with E-state index in [9.17, 15) is 5.11 Å². The summed E-state index contributed by atoms with van der Waals surface area (Å²) < 4.78 is 5.86. The van der Waals surface area contributed by atoms with Crippen molar-refractivity contribution in [1.82, 2.24) is 5.32 Å². The maximum absolute atomic E-state index is 9.91. The lowest BCUT2D eigenvalue weighted by Gasteiger charge is -2.29. The number of hydrogen-bond acceptors (Lipinski definition) is 3. The third-order valence-electron chi connectivity index (χ3n) is 4.21. The Morgan fingerprint density at radius 3 is 2.50 bits per heavy atom. The summed E-state index contributed by atoms with van der Waals surface area (Å²) in [7, 11) is 0.